The second-order valence-electron chi connectivity index (χ2n) is 7.85. The summed E-state index contributed by atoms with van der Waals surface area (Å²) in [6.45, 7) is 7.10. The molecule has 2 saturated heterocycles. The molecule has 6 nitrogen and oxygen atoms in total. The normalized spacial score (nSPS) is 19.1. The van der Waals surface area contributed by atoms with Crippen molar-refractivity contribution < 1.29 is 14.1 Å². The number of piperidine rings is 1. The molecule has 4 heterocycles. The molecule has 6 heteroatoms. The summed E-state index contributed by atoms with van der Waals surface area (Å²) in [5.74, 6) is 1.75. The van der Waals surface area contributed by atoms with E-state index >= 15 is 0 Å². The molecule has 0 N–H and O–H groups in total. The van der Waals surface area contributed by atoms with Gasteiger partial charge in [-0.1, -0.05) is 18.1 Å². The van der Waals surface area contributed by atoms with Crippen LogP contribution in [0, 0.1) is 12.8 Å². The molecule has 2 aliphatic rings. The summed E-state index contributed by atoms with van der Waals surface area (Å²) in [5, 5.41) is 4.11. The molecule has 2 aromatic rings. The number of aromatic nitrogens is 2. The van der Waals surface area contributed by atoms with Gasteiger partial charge in [0.05, 0.1) is 17.0 Å². The second kappa shape index (κ2) is 8.43. The van der Waals surface area contributed by atoms with Crippen molar-refractivity contribution in [2.45, 2.75) is 51.9 Å². The zero-order chi connectivity index (χ0) is 19.5. The molecule has 28 heavy (non-hydrogen) atoms. The number of hydrogen-bond donors (Lipinski definition) is 0. The van der Waals surface area contributed by atoms with Gasteiger partial charge in [-0.25, -0.2) is 0 Å². The standard InChI is InChI=1S/C22H29N3O3/c1-3-20-21(15(2)24-28-20)19-6-4-5-18(23-19)16-7-11-25(12-8-16)22(26)17-9-13-27-14-10-17/h4-6,16-17H,3,7-14H2,1-2H3. The Balaban J connectivity index is 1.44. The van der Waals surface area contributed by atoms with Crippen molar-refractivity contribution in [1.29, 1.82) is 0 Å². The third-order valence-electron chi connectivity index (χ3n) is 6.08. The number of carbonyl (C=O) groups excluding carboxylic acids is 1. The van der Waals surface area contributed by atoms with Gasteiger partial charge in [-0.2, -0.15) is 0 Å². The number of ether oxygens (including phenoxy) is 1. The fourth-order valence-electron chi connectivity index (χ4n) is 4.40. The molecule has 0 radical (unpaired) electrons. The Morgan fingerprint density at radius 3 is 2.64 bits per heavy atom. The van der Waals surface area contributed by atoms with E-state index in [-0.39, 0.29) is 5.92 Å². The molecular formula is C22H29N3O3. The van der Waals surface area contributed by atoms with Gasteiger partial charge in [0.2, 0.25) is 5.91 Å². The van der Waals surface area contributed by atoms with E-state index in [4.69, 9.17) is 14.2 Å². The number of rotatable bonds is 4. The fraction of sp³-hybridized carbons (Fsp3) is 0.591. The molecule has 1 amide bonds. The van der Waals surface area contributed by atoms with Crippen LogP contribution in [0.2, 0.25) is 0 Å². The molecule has 0 saturated carbocycles. The zero-order valence-corrected chi connectivity index (χ0v) is 16.8. The summed E-state index contributed by atoms with van der Waals surface area (Å²) in [6, 6.07) is 6.22. The largest absolute Gasteiger partial charge is 0.381 e. The van der Waals surface area contributed by atoms with Crippen molar-refractivity contribution >= 4 is 5.91 Å². The SMILES string of the molecule is CCc1onc(C)c1-c1cccc(C2CCN(C(=O)C3CCOCC3)CC2)n1. The smallest absolute Gasteiger partial charge is 0.225 e. The van der Waals surface area contributed by atoms with Crippen LogP contribution in [-0.4, -0.2) is 47.3 Å². The maximum Gasteiger partial charge on any atom is 0.225 e. The number of aryl methyl sites for hydroxylation is 2. The van der Waals surface area contributed by atoms with Gasteiger partial charge >= 0.3 is 0 Å². The Morgan fingerprint density at radius 2 is 1.93 bits per heavy atom. The number of hydrogen-bond acceptors (Lipinski definition) is 5. The summed E-state index contributed by atoms with van der Waals surface area (Å²) >= 11 is 0. The number of likely N-dealkylation sites (tertiary alicyclic amines) is 1. The highest BCUT2D eigenvalue weighted by Crippen LogP contribution is 2.32. The molecule has 2 aliphatic heterocycles. The van der Waals surface area contributed by atoms with Crippen LogP contribution in [0.4, 0.5) is 0 Å². The minimum absolute atomic E-state index is 0.149. The molecule has 0 unspecified atom stereocenters. The number of nitrogens with zero attached hydrogens (tertiary/aromatic N) is 3. The van der Waals surface area contributed by atoms with Gasteiger partial charge in [-0.15, -0.1) is 0 Å². The molecule has 0 spiro atoms. The zero-order valence-electron chi connectivity index (χ0n) is 16.8. The van der Waals surface area contributed by atoms with Crippen molar-refractivity contribution in [1.82, 2.24) is 15.0 Å². The predicted molar refractivity (Wildman–Crippen MR) is 106 cm³/mol. The maximum absolute atomic E-state index is 12.8. The minimum Gasteiger partial charge on any atom is -0.381 e. The van der Waals surface area contributed by atoms with Crippen molar-refractivity contribution in [3.8, 4) is 11.3 Å². The molecule has 0 aromatic carbocycles. The molecular weight excluding hydrogens is 354 g/mol. The monoisotopic (exact) mass is 383 g/mol. The fourth-order valence-corrected chi connectivity index (χ4v) is 4.40. The van der Waals surface area contributed by atoms with E-state index in [2.05, 4.69) is 29.1 Å². The highest BCUT2D eigenvalue weighted by atomic mass is 16.5. The van der Waals surface area contributed by atoms with E-state index in [0.717, 1.165) is 73.6 Å². The van der Waals surface area contributed by atoms with Crippen LogP contribution in [-0.2, 0) is 16.0 Å². The summed E-state index contributed by atoms with van der Waals surface area (Å²) in [4.78, 5) is 19.8. The summed E-state index contributed by atoms with van der Waals surface area (Å²) in [5.41, 5.74) is 3.96. The van der Waals surface area contributed by atoms with Crippen LogP contribution < -0.4 is 0 Å². The number of pyridine rings is 1. The van der Waals surface area contributed by atoms with E-state index in [9.17, 15) is 4.79 Å². The first-order valence-corrected chi connectivity index (χ1v) is 10.5. The average Bonchev–Trinajstić information content (AvgIpc) is 3.14. The van der Waals surface area contributed by atoms with Crippen LogP contribution in [0.1, 0.15) is 55.7 Å². The van der Waals surface area contributed by atoms with E-state index in [0.29, 0.717) is 25.0 Å². The number of amides is 1. The minimum atomic E-state index is 0.149. The third kappa shape index (κ3) is 3.83. The highest BCUT2D eigenvalue weighted by molar-refractivity contribution is 5.79. The Morgan fingerprint density at radius 1 is 1.18 bits per heavy atom. The van der Waals surface area contributed by atoms with Gasteiger partial charge in [0.25, 0.3) is 0 Å². The molecule has 0 aliphatic carbocycles. The van der Waals surface area contributed by atoms with Crippen LogP contribution >= 0.6 is 0 Å². The topological polar surface area (TPSA) is 68.5 Å². The Kier molecular flexibility index (Phi) is 5.76. The quantitative estimate of drug-likeness (QED) is 0.804. The summed E-state index contributed by atoms with van der Waals surface area (Å²) in [7, 11) is 0. The van der Waals surface area contributed by atoms with Gasteiger partial charge in [0.15, 0.2) is 0 Å². The lowest BCUT2D eigenvalue weighted by Crippen LogP contribution is -2.42. The molecule has 2 aromatic heterocycles. The molecule has 4 rings (SSSR count). The first kappa shape index (κ1) is 19.1. The van der Waals surface area contributed by atoms with Gasteiger partial charge < -0.3 is 14.2 Å². The van der Waals surface area contributed by atoms with Gasteiger partial charge in [0.1, 0.15) is 5.76 Å². The number of carbonyl (C=O) groups is 1. The van der Waals surface area contributed by atoms with Crippen molar-refractivity contribution in [3.05, 3.63) is 35.3 Å². The lowest BCUT2D eigenvalue weighted by atomic mass is 9.91. The molecule has 2 fully saturated rings. The molecule has 150 valence electrons. The van der Waals surface area contributed by atoms with Crippen LogP contribution in [0.15, 0.2) is 22.7 Å². The van der Waals surface area contributed by atoms with E-state index in [1.165, 1.54) is 0 Å². The van der Waals surface area contributed by atoms with Crippen molar-refractivity contribution in [2.75, 3.05) is 26.3 Å². The Hall–Kier alpha value is -2.21. The first-order chi connectivity index (χ1) is 13.7. The average molecular weight is 383 g/mol. The van der Waals surface area contributed by atoms with Crippen molar-refractivity contribution in [2.24, 2.45) is 5.92 Å². The lowest BCUT2D eigenvalue weighted by molar-refractivity contribution is -0.139. The molecule has 0 atom stereocenters. The third-order valence-corrected chi connectivity index (χ3v) is 6.08. The lowest BCUT2D eigenvalue weighted by Gasteiger charge is -2.35. The van der Waals surface area contributed by atoms with Crippen LogP contribution in [0.5, 0.6) is 0 Å². The van der Waals surface area contributed by atoms with E-state index < -0.39 is 0 Å². The first-order valence-electron chi connectivity index (χ1n) is 10.5. The Labute approximate surface area is 166 Å². The van der Waals surface area contributed by atoms with Gasteiger partial charge in [-0.05, 0) is 44.7 Å². The summed E-state index contributed by atoms with van der Waals surface area (Å²) < 4.78 is 10.8. The van der Waals surface area contributed by atoms with Crippen LogP contribution in [0.25, 0.3) is 11.3 Å². The molecule has 0 bridgehead atoms. The highest BCUT2D eigenvalue weighted by Gasteiger charge is 2.30. The van der Waals surface area contributed by atoms with Gasteiger partial charge in [-0.3, -0.25) is 9.78 Å². The van der Waals surface area contributed by atoms with E-state index in [1.807, 2.05) is 13.0 Å². The maximum atomic E-state index is 12.8. The Bertz CT molecular complexity index is 818. The van der Waals surface area contributed by atoms with E-state index in [1.54, 1.807) is 0 Å². The predicted octanol–water partition coefficient (Wildman–Crippen LogP) is 3.74. The van der Waals surface area contributed by atoms with Crippen LogP contribution in [0.3, 0.4) is 0 Å². The second-order valence-corrected chi connectivity index (χ2v) is 7.85. The van der Waals surface area contributed by atoms with Gasteiger partial charge in [0, 0.05) is 50.3 Å². The van der Waals surface area contributed by atoms with Crippen molar-refractivity contribution in [3.63, 3.8) is 0 Å². The summed E-state index contributed by atoms with van der Waals surface area (Å²) in [6.07, 6.45) is 4.46.